The fraction of sp³-hybridized carbons (Fsp3) is 0.500. The molecule has 0 aliphatic heterocycles. The van der Waals surface area contributed by atoms with Crippen LogP contribution in [0.1, 0.15) is 11.3 Å². The van der Waals surface area contributed by atoms with E-state index in [1.54, 1.807) is 6.20 Å². The van der Waals surface area contributed by atoms with Crippen molar-refractivity contribution in [1.82, 2.24) is 9.29 Å². The van der Waals surface area contributed by atoms with Gasteiger partial charge in [0, 0.05) is 24.7 Å². The minimum atomic E-state index is -3.73. The molecule has 0 bridgehead atoms. The Kier molecular flexibility index (Phi) is 4.43. The van der Waals surface area contributed by atoms with Crippen LogP contribution in [0.2, 0.25) is 0 Å². The van der Waals surface area contributed by atoms with Gasteiger partial charge >= 0.3 is 16.2 Å². The van der Waals surface area contributed by atoms with E-state index < -0.39 is 16.2 Å². The molecule has 0 unspecified atom stereocenters. The lowest BCUT2D eigenvalue weighted by atomic mass is 10.4. The molecular formula is C8H13N3O4S2. The average Bonchev–Trinajstić information content (AvgIpc) is 2.59. The molecule has 1 rings (SSSR count). The standard InChI is InChI=1S/C8H13N3O4S2/c1-6-5-9-8(16-6)10-17(14,15)11(2)4-3-7(12)13/h5H,3-4H2,1-2H3,(H,9,10)(H,12,13). The lowest BCUT2D eigenvalue weighted by Gasteiger charge is -2.15. The summed E-state index contributed by atoms with van der Waals surface area (Å²) in [5.74, 6) is -1.04. The lowest BCUT2D eigenvalue weighted by molar-refractivity contribution is -0.137. The Bertz CT molecular complexity index is 497. The molecule has 0 spiro atoms. The van der Waals surface area contributed by atoms with Gasteiger partial charge in [-0.2, -0.15) is 12.7 Å². The van der Waals surface area contributed by atoms with Crippen molar-refractivity contribution in [3.8, 4) is 0 Å². The van der Waals surface area contributed by atoms with Crippen LogP contribution >= 0.6 is 11.3 Å². The van der Waals surface area contributed by atoms with Gasteiger partial charge in [-0.15, -0.1) is 11.3 Å². The van der Waals surface area contributed by atoms with Crippen LogP contribution in [0.3, 0.4) is 0 Å². The highest BCUT2D eigenvalue weighted by Gasteiger charge is 2.19. The Labute approximate surface area is 103 Å². The third-order valence-electron chi connectivity index (χ3n) is 1.89. The molecule has 2 N–H and O–H groups in total. The maximum absolute atomic E-state index is 11.7. The maximum atomic E-state index is 11.7. The molecular weight excluding hydrogens is 266 g/mol. The Morgan fingerprint density at radius 1 is 1.65 bits per heavy atom. The van der Waals surface area contributed by atoms with Gasteiger partial charge < -0.3 is 5.11 Å². The molecule has 1 aromatic heterocycles. The number of carbonyl (C=O) groups is 1. The van der Waals surface area contributed by atoms with E-state index in [0.717, 1.165) is 9.18 Å². The number of aromatic nitrogens is 1. The van der Waals surface area contributed by atoms with Gasteiger partial charge in [-0.05, 0) is 6.92 Å². The van der Waals surface area contributed by atoms with Crippen molar-refractivity contribution in [3.63, 3.8) is 0 Å². The van der Waals surface area contributed by atoms with Crippen LogP contribution < -0.4 is 4.72 Å². The lowest BCUT2D eigenvalue weighted by Crippen LogP contribution is -2.34. The van der Waals surface area contributed by atoms with E-state index in [4.69, 9.17) is 5.11 Å². The maximum Gasteiger partial charge on any atom is 0.304 e. The number of thiazole rings is 1. The number of carboxylic acids is 1. The zero-order chi connectivity index (χ0) is 13.1. The normalized spacial score (nSPS) is 11.7. The largest absolute Gasteiger partial charge is 0.481 e. The van der Waals surface area contributed by atoms with Crippen molar-refractivity contribution in [1.29, 1.82) is 0 Å². The predicted molar refractivity (Wildman–Crippen MR) is 64.3 cm³/mol. The third-order valence-corrected chi connectivity index (χ3v) is 4.30. The summed E-state index contributed by atoms with van der Waals surface area (Å²) < 4.78 is 26.6. The van der Waals surface area contributed by atoms with Crippen LogP contribution in [0.5, 0.6) is 0 Å². The Hall–Kier alpha value is -1.19. The van der Waals surface area contributed by atoms with Crippen molar-refractivity contribution < 1.29 is 18.3 Å². The number of aryl methyl sites for hydroxylation is 1. The number of nitrogens with zero attached hydrogens (tertiary/aromatic N) is 2. The highest BCUT2D eigenvalue weighted by Crippen LogP contribution is 2.18. The minimum absolute atomic E-state index is 0.0883. The minimum Gasteiger partial charge on any atom is -0.481 e. The van der Waals surface area contributed by atoms with Crippen LogP contribution in [0.4, 0.5) is 5.13 Å². The van der Waals surface area contributed by atoms with Crippen LogP contribution in [-0.2, 0) is 15.0 Å². The summed E-state index contributed by atoms with van der Waals surface area (Å²) in [6.45, 7) is 1.72. The van der Waals surface area contributed by atoms with E-state index >= 15 is 0 Å². The van der Waals surface area contributed by atoms with Gasteiger partial charge in [0.15, 0.2) is 5.13 Å². The molecule has 1 heterocycles. The summed E-state index contributed by atoms with van der Waals surface area (Å²) >= 11 is 1.21. The number of anilines is 1. The molecule has 9 heteroatoms. The van der Waals surface area contributed by atoms with Crippen LogP contribution in [0.25, 0.3) is 0 Å². The third kappa shape index (κ3) is 4.29. The van der Waals surface area contributed by atoms with Crippen molar-refractivity contribution in [2.75, 3.05) is 18.3 Å². The smallest absolute Gasteiger partial charge is 0.304 e. The molecule has 0 aliphatic carbocycles. The van der Waals surface area contributed by atoms with Crippen molar-refractivity contribution >= 4 is 32.6 Å². The van der Waals surface area contributed by atoms with Crippen molar-refractivity contribution in [3.05, 3.63) is 11.1 Å². The first-order valence-corrected chi connectivity index (χ1v) is 6.95. The predicted octanol–water partition coefficient (Wildman–Crippen LogP) is 0.515. The first-order valence-electron chi connectivity index (χ1n) is 4.69. The molecule has 0 aromatic carbocycles. The topological polar surface area (TPSA) is 99.6 Å². The zero-order valence-electron chi connectivity index (χ0n) is 9.37. The van der Waals surface area contributed by atoms with Crippen molar-refractivity contribution in [2.24, 2.45) is 0 Å². The summed E-state index contributed by atoms with van der Waals surface area (Å²) in [5, 5.41) is 8.74. The number of hydrogen-bond acceptors (Lipinski definition) is 5. The summed E-state index contributed by atoms with van der Waals surface area (Å²) in [6, 6.07) is 0. The zero-order valence-corrected chi connectivity index (χ0v) is 11.0. The van der Waals surface area contributed by atoms with Gasteiger partial charge in [-0.3, -0.25) is 4.79 Å². The second kappa shape index (κ2) is 5.43. The molecule has 17 heavy (non-hydrogen) atoms. The second-order valence-electron chi connectivity index (χ2n) is 3.35. The molecule has 0 aliphatic rings. The summed E-state index contributed by atoms with van der Waals surface area (Å²) in [7, 11) is -2.42. The monoisotopic (exact) mass is 279 g/mol. The number of rotatable bonds is 6. The van der Waals surface area contributed by atoms with Gasteiger partial charge in [0.25, 0.3) is 0 Å². The van der Waals surface area contributed by atoms with Gasteiger partial charge in [0.1, 0.15) is 0 Å². The molecule has 1 aromatic rings. The fourth-order valence-electron chi connectivity index (χ4n) is 0.963. The van der Waals surface area contributed by atoms with Gasteiger partial charge in [0.2, 0.25) is 0 Å². The Balaban J connectivity index is 2.64. The van der Waals surface area contributed by atoms with Crippen LogP contribution in [0.15, 0.2) is 6.20 Å². The van der Waals surface area contributed by atoms with Crippen LogP contribution in [0, 0.1) is 6.92 Å². The number of hydrogen-bond donors (Lipinski definition) is 2. The van der Waals surface area contributed by atoms with Crippen molar-refractivity contribution in [2.45, 2.75) is 13.3 Å². The fourth-order valence-corrected chi connectivity index (χ4v) is 2.72. The first-order chi connectivity index (χ1) is 7.81. The van der Waals surface area contributed by atoms with Gasteiger partial charge in [0.05, 0.1) is 6.42 Å². The van der Waals surface area contributed by atoms with E-state index in [2.05, 4.69) is 9.71 Å². The van der Waals surface area contributed by atoms with Crippen LogP contribution in [-0.4, -0.2) is 42.4 Å². The highest BCUT2D eigenvalue weighted by molar-refractivity contribution is 7.90. The quantitative estimate of drug-likeness (QED) is 0.790. The molecule has 0 saturated heterocycles. The molecule has 0 radical (unpaired) electrons. The Morgan fingerprint density at radius 2 is 2.29 bits per heavy atom. The van der Waals surface area contributed by atoms with E-state index in [-0.39, 0.29) is 18.1 Å². The number of carboxylic acid groups (broad SMARTS) is 1. The summed E-state index contributed by atoms with van der Waals surface area (Å²) in [6.07, 6.45) is 1.31. The average molecular weight is 279 g/mol. The Morgan fingerprint density at radius 3 is 2.76 bits per heavy atom. The number of nitrogens with one attached hydrogen (secondary N) is 1. The van der Waals surface area contributed by atoms with Gasteiger partial charge in [-0.1, -0.05) is 0 Å². The van der Waals surface area contributed by atoms with E-state index in [0.29, 0.717) is 0 Å². The number of aliphatic carboxylic acids is 1. The van der Waals surface area contributed by atoms with E-state index in [1.165, 1.54) is 18.4 Å². The van der Waals surface area contributed by atoms with Gasteiger partial charge in [-0.25, -0.2) is 9.71 Å². The van der Waals surface area contributed by atoms with E-state index in [1.807, 2.05) is 6.92 Å². The highest BCUT2D eigenvalue weighted by atomic mass is 32.2. The molecule has 0 amide bonds. The second-order valence-corrected chi connectivity index (χ2v) is 6.36. The molecule has 0 saturated carbocycles. The summed E-state index contributed by atoms with van der Waals surface area (Å²) in [5.41, 5.74) is 0. The molecule has 7 nitrogen and oxygen atoms in total. The SMILES string of the molecule is Cc1cnc(NS(=O)(=O)N(C)CCC(=O)O)s1. The van der Waals surface area contributed by atoms with E-state index in [9.17, 15) is 13.2 Å². The molecule has 96 valence electrons. The molecule has 0 fully saturated rings. The molecule has 0 atom stereocenters. The first kappa shape index (κ1) is 13.9. The summed E-state index contributed by atoms with van der Waals surface area (Å²) in [4.78, 5) is 15.1.